The van der Waals surface area contributed by atoms with Gasteiger partial charge in [0.25, 0.3) is 0 Å². The van der Waals surface area contributed by atoms with E-state index < -0.39 is 6.09 Å². The summed E-state index contributed by atoms with van der Waals surface area (Å²) in [6, 6.07) is 4.04. The number of nitrogens with zero attached hydrogens (tertiary/aromatic N) is 3. The molecule has 6 nitrogen and oxygen atoms in total. The summed E-state index contributed by atoms with van der Waals surface area (Å²) in [7, 11) is 0. The van der Waals surface area contributed by atoms with Gasteiger partial charge < -0.3 is 14.9 Å². The van der Waals surface area contributed by atoms with E-state index in [1.54, 1.807) is 6.20 Å². The Morgan fingerprint density at radius 3 is 2.74 bits per heavy atom. The van der Waals surface area contributed by atoms with Crippen LogP contribution >= 0.6 is 15.9 Å². The molecule has 1 amide bonds. The van der Waals surface area contributed by atoms with Gasteiger partial charge in [0.05, 0.1) is 11.7 Å². The minimum absolute atomic E-state index is 0.529. The molecule has 0 radical (unpaired) electrons. The third-order valence-corrected chi connectivity index (χ3v) is 3.85. The summed E-state index contributed by atoms with van der Waals surface area (Å²) in [4.78, 5) is 14.5. The lowest BCUT2D eigenvalue weighted by molar-refractivity contribution is 0.142. The van der Waals surface area contributed by atoms with Crippen LogP contribution in [-0.4, -0.2) is 52.5 Å². The summed E-state index contributed by atoms with van der Waals surface area (Å²) in [5.41, 5.74) is 2.06. The van der Waals surface area contributed by atoms with Gasteiger partial charge in [-0.3, -0.25) is 5.10 Å². The zero-order valence-corrected chi connectivity index (χ0v) is 11.7. The summed E-state index contributed by atoms with van der Waals surface area (Å²) >= 11 is 3.49. The number of piperazine rings is 1. The molecule has 19 heavy (non-hydrogen) atoms. The van der Waals surface area contributed by atoms with E-state index in [-0.39, 0.29) is 0 Å². The van der Waals surface area contributed by atoms with E-state index in [9.17, 15) is 4.79 Å². The topological polar surface area (TPSA) is 72.5 Å². The summed E-state index contributed by atoms with van der Waals surface area (Å²) < 4.78 is 0.986. The molecule has 0 atom stereocenters. The number of amides is 1. The van der Waals surface area contributed by atoms with Crippen LogP contribution in [0.5, 0.6) is 0 Å². The highest BCUT2D eigenvalue weighted by atomic mass is 79.9. The molecule has 0 spiro atoms. The second-order valence-corrected chi connectivity index (χ2v) is 5.43. The van der Waals surface area contributed by atoms with E-state index in [1.807, 2.05) is 12.1 Å². The third-order valence-electron chi connectivity index (χ3n) is 3.39. The number of halogens is 1. The normalized spacial score (nSPS) is 16.1. The van der Waals surface area contributed by atoms with Gasteiger partial charge in [-0.25, -0.2) is 4.79 Å². The summed E-state index contributed by atoms with van der Waals surface area (Å²) in [5, 5.41) is 17.0. The number of fused-ring (bicyclic) bond motifs is 1. The standard InChI is InChI=1S/C12H13BrN4O2/c13-8-5-10-9(7-14-15-10)11(6-8)16-1-3-17(4-2-16)12(18)19/h5-7H,1-4H2,(H,14,15)(H,18,19). The number of hydrogen-bond donors (Lipinski definition) is 2. The van der Waals surface area contributed by atoms with Gasteiger partial charge in [-0.2, -0.15) is 5.10 Å². The number of nitrogens with one attached hydrogen (secondary N) is 1. The average Bonchev–Trinajstić information content (AvgIpc) is 2.85. The van der Waals surface area contributed by atoms with Gasteiger partial charge in [-0.15, -0.1) is 0 Å². The zero-order chi connectivity index (χ0) is 13.4. The van der Waals surface area contributed by atoms with Crippen molar-refractivity contribution in [1.29, 1.82) is 0 Å². The van der Waals surface area contributed by atoms with Crippen LogP contribution < -0.4 is 4.90 Å². The first-order valence-corrected chi connectivity index (χ1v) is 6.80. The molecule has 1 aromatic heterocycles. The number of benzene rings is 1. The summed E-state index contributed by atoms with van der Waals surface area (Å²) in [6.07, 6.45) is 0.961. The first-order valence-electron chi connectivity index (χ1n) is 6.00. The van der Waals surface area contributed by atoms with Crippen LogP contribution in [0.1, 0.15) is 0 Å². The molecular formula is C12H13BrN4O2. The Balaban J connectivity index is 1.89. The fraction of sp³-hybridized carbons (Fsp3) is 0.333. The molecule has 0 saturated carbocycles. The van der Waals surface area contributed by atoms with Gasteiger partial charge in [0.1, 0.15) is 0 Å². The quantitative estimate of drug-likeness (QED) is 0.842. The van der Waals surface area contributed by atoms with Crippen LogP contribution in [0, 0.1) is 0 Å². The summed E-state index contributed by atoms with van der Waals surface area (Å²) in [5.74, 6) is 0. The van der Waals surface area contributed by atoms with Gasteiger partial charge in [-0.05, 0) is 12.1 Å². The lowest BCUT2D eigenvalue weighted by atomic mass is 10.2. The fourth-order valence-electron chi connectivity index (χ4n) is 2.40. The average molecular weight is 325 g/mol. The maximum Gasteiger partial charge on any atom is 0.407 e. The molecule has 1 aromatic carbocycles. The number of carboxylic acid groups (broad SMARTS) is 1. The Labute approximate surface area is 118 Å². The van der Waals surface area contributed by atoms with E-state index in [4.69, 9.17) is 5.11 Å². The molecule has 100 valence electrons. The van der Waals surface area contributed by atoms with Crippen LogP contribution in [0.3, 0.4) is 0 Å². The van der Waals surface area contributed by atoms with Crippen LogP contribution in [-0.2, 0) is 0 Å². The molecule has 1 saturated heterocycles. The highest BCUT2D eigenvalue weighted by Gasteiger charge is 2.22. The number of aromatic nitrogens is 2. The predicted octanol–water partition coefficient (Wildman–Crippen LogP) is 2.13. The predicted molar refractivity (Wildman–Crippen MR) is 75.6 cm³/mol. The minimum atomic E-state index is -0.845. The summed E-state index contributed by atoms with van der Waals surface area (Å²) in [6.45, 7) is 2.45. The number of carbonyl (C=O) groups is 1. The molecule has 1 aliphatic rings. The van der Waals surface area contributed by atoms with Crippen molar-refractivity contribution in [2.75, 3.05) is 31.1 Å². The van der Waals surface area contributed by atoms with Gasteiger partial charge in [0, 0.05) is 41.7 Å². The maximum atomic E-state index is 10.9. The lowest BCUT2D eigenvalue weighted by Crippen LogP contribution is -2.48. The van der Waals surface area contributed by atoms with Crippen molar-refractivity contribution in [1.82, 2.24) is 15.1 Å². The monoisotopic (exact) mass is 324 g/mol. The first-order chi connectivity index (χ1) is 9.15. The largest absolute Gasteiger partial charge is 0.465 e. The second-order valence-electron chi connectivity index (χ2n) is 4.51. The Bertz CT molecular complexity index is 619. The Hall–Kier alpha value is -1.76. The number of hydrogen-bond acceptors (Lipinski definition) is 3. The molecule has 1 fully saturated rings. The SMILES string of the molecule is O=C(O)N1CCN(c2cc(Br)cc3[nH]ncc23)CC1. The minimum Gasteiger partial charge on any atom is -0.465 e. The molecule has 1 aliphatic heterocycles. The number of H-pyrrole nitrogens is 1. The van der Waals surface area contributed by atoms with Gasteiger partial charge in [0.2, 0.25) is 0 Å². The van der Waals surface area contributed by atoms with Crippen molar-refractivity contribution in [3.63, 3.8) is 0 Å². The van der Waals surface area contributed by atoms with Crippen molar-refractivity contribution in [2.45, 2.75) is 0 Å². The van der Waals surface area contributed by atoms with Crippen molar-refractivity contribution < 1.29 is 9.90 Å². The molecule has 2 N–H and O–H groups in total. The molecule has 2 aromatic rings. The smallest absolute Gasteiger partial charge is 0.407 e. The number of rotatable bonds is 1. The Kier molecular flexibility index (Phi) is 3.06. The van der Waals surface area contributed by atoms with Crippen LogP contribution in [0.15, 0.2) is 22.8 Å². The van der Waals surface area contributed by atoms with E-state index in [2.05, 4.69) is 31.0 Å². The van der Waals surface area contributed by atoms with Crippen LogP contribution in [0.2, 0.25) is 0 Å². The van der Waals surface area contributed by atoms with E-state index >= 15 is 0 Å². The number of anilines is 1. The third kappa shape index (κ3) is 2.25. The second kappa shape index (κ2) is 4.73. The molecule has 0 aliphatic carbocycles. The lowest BCUT2D eigenvalue weighted by Gasteiger charge is -2.35. The Morgan fingerprint density at radius 2 is 2.05 bits per heavy atom. The molecule has 0 unspecified atom stereocenters. The van der Waals surface area contributed by atoms with E-state index in [0.717, 1.165) is 21.1 Å². The van der Waals surface area contributed by atoms with Crippen LogP contribution in [0.4, 0.5) is 10.5 Å². The van der Waals surface area contributed by atoms with Crippen molar-refractivity contribution in [2.24, 2.45) is 0 Å². The van der Waals surface area contributed by atoms with E-state index in [0.29, 0.717) is 26.2 Å². The van der Waals surface area contributed by atoms with Crippen molar-refractivity contribution >= 4 is 38.6 Å². The fourth-order valence-corrected chi connectivity index (χ4v) is 2.84. The van der Waals surface area contributed by atoms with Gasteiger partial charge in [0.15, 0.2) is 0 Å². The number of aromatic amines is 1. The maximum absolute atomic E-state index is 10.9. The van der Waals surface area contributed by atoms with Crippen LogP contribution in [0.25, 0.3) is 10.9 Å². The highest BCUT2D eigenvalue weighted by Crippen LogP contribution is 2.30. The first kappa shape index (κ1) is 12.3. The molecule has 2 heterocycles. The molecular weight excluding hydrogens is 312 g/mol. The van der Waals surface area contributed by atoms with E-state index in [1.165, 1.54) is 4.90 Å². The van der Waals surface area contributed by atoms with Crippen molar-refractivity contribution in [3.8, 4) is 0 Å². The molecule has 0 bridgehead atoms. The molecule has 7 heteroatoms. The van der Waals surface area contributed by atoms with Gasteiger partial charge >= 0.3 is 6.09 Å². The van der Waals surface area contributed by atoms with Crippen molar-refractivity contribution in [3.05, 3.63) is 22.8 Å². The Morgan fingerprint density at radius 1 is 1.32 bits per heavy atom. The van der Waals surface area contributed by atoms with Gasteiger partial charge in [-0.1, -0.05) is 15.9 Å². The molecule has 3 rings (SSSR count). The highest BCUT2D eigenvalue weighted by molar-refractivity contribution is 9.10. The zero-order valence-electron chi connectivity index (χ0n) is 10.1.